The van der Waals surface area contributed by atoms with Crippen LogP contribution in [0.2, 0.25) is 5.02 Å². The van der Waals surface area contributed by atoms with Crippen LogP contribution in [-0.2, 0) is 20.0 Å². The van der Waals surface area contributed by atoms with E-state index in [4.69, 9.17) is 16.3 Å². The topological polar surface area (TPSA) is 122 Å². The van der Waals surface area contributed by atoms with Gasteiger partial charge in [-0.05, 0) is 79.4 Å². The van der Waals surface area contributed by atoms with Crippen molar-refractivity contribution in [1.82, 2.24) is 4.90 Å². The van der Waals surface area contributed by atoms with Gasteiger partial charge in [0.2, 0.25) is 0 Å². The Morgan fingerprint density at radius 1 is 0.868 bits per heavy atom. The highest BCUT2D eigenvalue weighted by Gasteiger charge is 2.26. The quantitative estimate of drug-likeness (QED) is 0.396. The fourth-order valence-corrected chi connectivity index (χ4v) is 6.41. The minimum atomic E-state index is -4.09. The lowest BCUT2D eigenvalue weighted by molar-refractivity contribution is 0.0693. The second-order valence-corrected chi connectivity index (χ2v) is 12.9. The van der Waals surface area contributed by atoms with Crippen LogP contribution in [0.5, 0.6) is 5.75 Å². The Bertz CT molecular complexity index is 1540. The normalized spacial score (nSPS) is 14.7. The van der Waals surface area contributed by atoms with Crippen LogP contribution in [0.3, 0.4) is 0 Å². The number of rotatable bonds is 8. The number of methoxy groups -OCH3 is 1. The maximum Gasteiger partial charge on any atom is 0.261 e. The van der Waals surface area contributed by atoms with Crippen molar-refractivity contribution in [2.75, 3.05) is 29.6 Å². The molecule has 0 spiro atoms. The number of benzene rings is 3. The van der Waals surface area contributed by atoms with E-state index in [0.717, 1.165) is 12.8 Å². The van der Waals surface area contributed by atoms with E-state index >= 15 is 0 Å². The van der Waals surface area contributed by atoms with Gasteiger partial charge in [-0.3, -0.25) is 14.2 Å². The van der Waals surface area contributed by atoms with Crippen molar-refractivity contribution in [1.29, 1.82) is 0 Å². The van der Waals surface area contributed by atoms with Crippen LogP contribution in [0.1, 0.15) is 30.1 Å². The Morgan fingerprint density at radius 3 is 2.11 bits per heavy atom. The van der Waals surface area contributed by atoms with Gasteiger partial charge in [0, 0.05) is 23.8 Å². The van der Waals surface area contributed by atoms with E-state index in [2.05, 4.69) is 16.4 Å². The largest absolute Gasteiger partial charge is 0.496 e. The molecule has 9 nitrogen and oxygen atoms in total. The molecule has 0 radical (unpaired) electrons. The van der Waals surface area contributed by atoms with Crippen molar-refractivity contribution < 1.29 is 26.4 Å². The molecule has 202 valence electrons. The summed E-state index contributed by atoms with van der Waals surface area (Å²) in [6.07, 6.45) is 1.77. The molecule has 1 aliphatic heterocycles. The number of amides is 1. The summed E-state index contributed by atoms with van der Waals surface area (Å²) in [6, 6.07) is 15.6. The number of carbonyl (C=O) groups is 1. The summed E-state index contributed by atoms with van der Waals surface area (Å²) in [6.45, 7) is 3.33. The van der Waals surface area contributed by atoms with Crippen molar-refractivity contribution in [2.45, 2.75) is 29.6 Å². The van der Waals surface area contributed by atoms with Crippen LogP contribution < -0.4 is 14.2 Å². The first kappa shape index (κ1) is 27.7. The van der Waals surface area contributed by atoms with Crippen LogP contribution in [0, 0.1) is 5.92 Å². The van der Waals surface area contributed by atoms with E-state index in [9.17, 15) is 21.6 Å². The highest BCUT2D eigenvalue weighted by molar-refractivity contribution is 7.93. The van der Waals surface area contributed by atoms with Crippen molar-refractivity contribution in [3.8, 4) is 5.75 Å². The first-order valence-corrected chi connectivity index (χ1v) is 15.2. The molecule has 0 aromatic heterocycles. The van der Waals surface area contributed by atoms with E-state index in [-0.39, 0.29) is 32.7 Å². The summed E-state index contributed by atoms with van der Waals surface area (Å²) in [5.74, 6) is 0.535. The standard InChI is InChI=1S/C26H28ClN3O6S2/c1-18-12-14-30(15-13-18)26(31)24-17-23(10-11-25(24)36-2)38(34,35)28-20-6-8-22(9-7-20)37(32,33)29-21-5-3-4-19(27)16-21/h3-11,16-18,28-29H,12-15H2,1-2H3. The molecule has 0 saturated carbocycles. The van der Waals surface area contributed by atoms with Crippen molar-refractivity contribution >= 4 is 48.9 Å². The Hall–Kier alpha value is -3.28. The second kappa shape index (κ2) is 11.2. The van der Waals surface area contributed by atoms with Gasteiger partial charge in [0.15, 0.2) is 0 Å². The van der Waals surface area contributed by atoms with Gasteiger partial charge < -0.3 is 9.64 Å². The van der Waals surface area contributed by atoms with Gasteiger partial charge in [0.05, 0.1) is 28.2 Å². The lowest BCUT2D eigenvalue weighted by Gasteiger charge is -2.30. The lowest BCUT2D eigenvalue weighted by Crippen LogP contribution is -2.38. The molecule has 3 aromatic rings. The molecule has 1 aliphatic rings. The monoisotopic (exact) mass is 577 g/mol. The van der Waals surface area contributed by atoms with Crippen LogP contribution in [0.25, 0.3) is 0 Å². The number of carbonyl (C=O) groups excluding carboxylic acids is 1. The SMILES string of the molecule is COc1ccc(S(=O)(=O)Nc2ccc(S(=O)(=O)Nc3cccc(Cl)c3)cc2)cc1C(=O)N1CCC(C)CC1. The van der Waals surface area contributed by atoms with Crippen molar-refractivity contribution in [2.24, 2.45) is 5.92 Å². The van der Waals surface area contributed by atoms with Gasteiger partial charge in [0.1, 0.15) is 5.75 Å². The number of hydrogen-bond acceptors (Lipinski definition) is 6. The van der Waals surface area contributed by atoms with Gasteiger partial charge >= 0.3 is 0 Å². The number of nitrogens with zero attached hydrogens (tertiary/aromatic N) is 1. The molecule has 1 fully saturated rings. The minimum absolute atomic E-state index is 0.0615. The summed E-state index contributed by atoms with van der Waals surface area (Å²) >= 11 is 5.91. The summed E-state index contributed by atoms with van der Waals surface area (Å²) in [5, 5.41) is 0.379. The summed E-state index contributed by atoms with van der Waals surface area (Å²) in [5.41, 5.74) is 0.616. The molecule has 2 N–H and O–H groups in total. The molecule has 3 aromatic carbocycles. The van der Waals surface area contributed by atoms with Gasteiger partial charge in [-0.25, -0.2) is 16.8 Å². The molecule has 1 heterocycles. The van der Waals surface area contributed by atoms with Gasteiger partial charge in [-0.15, -0.1) is 0 Å². The number of anilines is 2. The lowest BCUT2D eigenvalue weighted by atomic mass is 9.98. The molecule has 0 unspecified atom stereocenters. The third kappa shape index (κ3) is 6.40. The number of hydrogen-bond donors (Lipinski definition) is 2. The molecule has 0 atom stereocenters. The number of ether oxygens (including phenoxy) is 1. The van der Waals surface area contributed by atoms with Gasteiger partial charge in [-0.1, -0.05) is 24.6 Å². The summed E-state index contributed by atoms with van der Waals surface area (Å²) < 4.78 is 61.8. The average molecular weight is 578 g/mol. The molecular formula is C26H28ClN3O6S2. The third-order valence-corrected chi connectivity index (χ3v) is 9.29. The molecule has 0 bridgehead atoms. The van der Waals surface area contributed by atoms with E-state index in [1.807, 2.05) is 0 Å². The maximum atomic E-state index is 13.2. The molecule has 1 saturated heterocycles. The number of halogens is 1. The Labute approximate surface area is 227 Å². The number of likely N-dealkylation sites (tertiary alicyclic amines) is 1. The van der Waals surface area contributed by atoms with Crippen LogP contribution in [0.4, 0.5) is 11.4 Å². The van der Waals surface area contributed by atoms with Gasteiger partial charge in [-0.2, -0.15) is 0 Å². The molecule has 4 rings (SSSR count). The molecule has 12 heteroatoms. The summed E-state index contributed by atoms with van der Waals surface area (Å²) in [4.78, 5) is 14.7. The molecule has 38 heavy (non-hydrogen) atoms. The highest BCUT2D eigenvalue weighted by Crippen LogP contribution is 2.28. The van der Waals surface area contributed by atoms with E-state index in [1.54, 1.807) is 23.1 Å². The first-order chi connectivity index (χ1) is 18.0. The predicted octanol–water partition coefficient (Wildman–Crippen LogP) is 4.82. The third-order valence-electron chi connectivity index (χ3n) is 6.28. The minimum Gasteiger partial charge on any atom is -0.496 e. The Kier molecular flexibility index (Phi) is 8.19. The molecule has 1 amide bonds. The summed E-state index contributed by atoms with van der Waals surface area (Å²) in [7, 11) is -6.59. The number of piperidine rings is 1. The maximum absolute atomic E-state index is 13.2. The fourth-order valence-electron chi connectivity index (χ4n) is 4.09. The van der Waals surface area contributed by atoms with Gasteiger partial charge in [0.25, 0.3) is 26.0 Å². The number of sulfonamides is 2. The van der Waals surface area contributed by atoms with Crippen molar-refractivity contribution in [3.63, 3.8) is 0 Å². The highest BCUT2D eigenvalue weighted by atomic mass is 35.5. The Balaban J connectivity index is 1.52. The van der Waals surface area contributed by atoms with Crippen LogP contribution in [0.15, 0.2) is 76.5 Å². The van der Waals surface area contributed by atoms with E-state index in [0.29, 0.717) is 29.7 Å². The first-order valence-electron chi connectivity index (χ1n) is 11.9. The second-order valence-electron chi connectivity index (χ2n) is 9.08. The molecule has 0 aliphatic carbocycles. The average Bonchev–Trinajstić information content (AvgIpc) is 2.88. The molecular weight excluding hydrogens is 550 g/mol. The zero-order chi connectivity index (χ0) is 27.5. The smallest absolute Gasteiger partial charge is 0.261 e. The van der Waals surface area contributed by atoms with Crippen molar-refractivity contribution in [3.05, 3.63) is 77.3 Å². The zero-order valence-electron chi connectivity index (χ0n) is 20.8. The predicted molar refractivity (Wildman–Crippen MR) is 147 cm³/mol. The fraction of sp³-hybridized carbons (Fsp3) is 0.269. The Morgan fingerprint density at radius 2 is 1.47 bits per heavy atom. The zero-order valence-corrected chi connectivity index (χ0v) is 23.2. The van der Waals surface area contributed by atoms with Crippen LogP contribution in [-0.4, -0.2) is 47.8 Å². The van der Waals surface area contributed by atoms with E-state index < -0.39 is 20.0 Å². The van der Waals surface area contributed by atoms with E-state index in [1.165, 1.54) is 55.6 Å². The van der Waals surface area contributed by atoms with Crippen LogP contribution >= 0.6 is 11.6 Å². The number of nitrogens with one attached hydrogen (secondary N) is 2.